The molecule has 1 aliphatic carbocycles. The molecule has 7 heteroatoms. The Morgan fingerprint density at radius 1 is 1.27 bits per heavy atom. The highest BCUT2D eigenvalue weighted by atomic mass is 32.2. The summed E-state index contributed by atoms with van der Waals surface area (Å²) in [4.78, 5) is 18.7. The number of hydrogen-bond donors (Lipinski definition) is 0. The Hall–Kier alpha value is -1.99. The molecule has 2 fully saturated rings. The number of halogens is 1. The Kier molecular flexibility index (Phi) is 4.91. The van der Waals surface area contributed by atoms with Gasteiger partial charge in [-0.15, -0.1) is 0 Å². The number of hydrogen-bond acceptors (Lipinski definition) is 5. The summed E-state index contributed by atoms with van der Waals surface area (Å²) in [5, 5.41) is 0. The predicted molar refractivity (Wildman–Crippen MR) is 104 cm³/mol. The number of thiocarbonyl (C=S) groups is 1. The summed E-state index contributed by atoms with van der Waals surface area (Å²) >= 11 is 6.73. The highest BCUT2D eigenvalue weighted by molar-refractivity contribution is 8.26. The molecule has 2 aromatic heterocycles. The van der Waals surface area contributed by atoms with Gasteiger partial charge in [0.2, 0.25) is 5.95 Å². The Morgan fingerprint density at radius 3 is 2.85 bits per heavy atom. The number of carbonyl (C=O) groups excluding carboxylic acids is 1. The third kappa shape index (κ3) is 3.33. The van der Waals surface area contributed by atoms with Crippen molar-refractivity contribution >= 4 is 40.3 Å². The Balaban J connectivity index is 1.56. The summed E-state index contributed by atoms with van der Waals surface area (Å²) in [6.45, 7) is 0. The fraction of sp³-hybridized carbons (Fsp3) is 0.316. The number of furan rings is 1. The Bertz CT molecular complexity index is 887. The lowest BCUT2D eigenvalue weighted by atomic mass is 9.94. The van der Waals surface area contributed by atoms with E-state index in [-0.39, 0.29) is 11.9 Å². The van der Waals surface area contributed by atoms with Crippen molar-refractivity contribution < 1.29 is 13.6 Å². The minimum atomic E-state index is -0.586. The van der Waals surface area contributed by atoms with Gasteiger partial charge in [0.05, 0.1) is 10.5 Å². The molecule has 0 atom stereocenters. The quantitative estimate of drug-likeness (QED) is 0.420. The first-order valence-electron chi connectivity index (χ1n) is 8.61. The van der Waals surface area contributed by atoms with E-state index >= 15 is 0 Å². The second kappa shape index (κ2) is 7.32. The number of thioether (sulfide) groups is 1. The van der Waals surface area contributed by atoms with Crippen LogP contribution in [0.4, 0.5) is 4.39 Å². The molecular formula is C19H17FN2O2S2. The van der Waals surface area contributed by atoms with Crippen molar-refractivity contribution in [1.29, 1.82) is 0 Å². The maximum atomic E-state index is 13.8. The van der Waals surface area contributed by atoms with Crippen LogP contribution >= 0.6 is 24.0 Å². The van der Waals surface area contributed by atoms with E-state index < -0.39 is 5.95 Å². The standard InChI is InChI=1S/C19H17FN2O2S2/c20-17-14(7-4-10-21-17)15-9-8-13(24-15)11-16-18(23)22(19(25)26-16)12-5-2-1-3-6-12/h4,7-12H,1-3,5-6H2. The largest absolute Gasteiger partial charge is 0.457 e. The summed E-state index contributed by atoms with van der Waals surface area (Å²) in [5.41, 5.74) is 0.293. The molecule has 0 N–H and O–H groups in total. The summed E-state index contributed by atoms with van der Waals surface area (Å²) in [6.07, 6.45) is 8.58. The number of pyridine rings is 1. The van der Waals surface area contributed by atoms with Crippen LogP contribution in [0, 0.1) is 5.95 Å². The summed E-state index contributed by atoms with van der Waals surface area (Å²) in [5.74, 6) is 0.228. The molecule has 2 aliphatic rings. The average Bonchev–Trinajstić information content (AvgIpc) is 3.21. The molecule has 2 aromatic rings. The Morgan fingerprint density at radius 2 is 2.08 bits per heavy atom. The van der Waals surface area contributed by atoms with Crippen LogP contribution in [0.25, 0.3) is 17.4 Å². The average molecular weight is 388 g/mol. The molecular weight excluding hydrogens is 371 g/mol. The number of aromatic nitrogens is 1. The lowest BCUT2D eigenvalue weighted by molar-refractivity contribution is -0.124. The maximum absolute atomic E-state index is 13.8. The highest BCUT2D eigenvalue weighted by Gasteiger charge is 2.37. The van der Waals surface area contributed by atoms with Crippen LogP contribution in [-0.4, -0.2) is 26.2 Å². The molecule has 0 aromatic carbocycles. The van der Waals surface area contributed by atoms with Gasteiger partial charge in [-0.3, -0.25) is 9.69 Å². The molecule has 0 radical (unpaired) electrons. The smallest absolute Gasteiger partial charge is 0.266 e. The van der Waals surface area contributed by atoms with E-state index in [1.54, 1.807) is 35.2 Å². The predicted octanol–water partition coefficient (Wildman–Crippen LogP) is 5.01. The minimum absolute atomic E-state index is 0.0580. The molecule has 0 bridgehead atoms. The van der Waals surface area contributed by atoms with E-state index in [1.165, 1.54) is 24.4 Å². The van der Waals surface area contributed by atoms with Crippen LogP contribution in [0.5, 0.6) is 0 Å². The minimum Gasteiger partial charge on any atom is -0.457 e. The maximum Gasteiger partial charge on any atom is 0.266 e. The van der Waals surface area contributed by atoms with Gasteiger partial charge in [0.1, 0.15) is 15.8 Å². The number of amides is 1. The van der Waals surface area contributed by atoms with Crippen molar-refractivity contribution in [1.82, 2.24) is 9.88 Å². The summed E-state index contributed by atoms with van der Waals surface area (Å²) in [6, 6.07) is 6.85. The van der Waals surface area contributed by atoms with Crippen LogP contribution < -0.4 is 0 Å². The van der Waals surface area contributed by atoms with Crippen molar-refractivity contribution in [3.63, 3.8) is 0 Å². The van der Waals surface area contributed by atoms with Gasteiger partial charge in [-0.2, -0.15) is 4.39 Å². The molecule has 1 amide bonds. The lowest BCUT2D eigenvalue weighted by Crippen LogP contribution is -2.39. The fourth-order valence-electron chi connectivity index (χ4n) is 3.41. The van der Waals surface area contributed by atoms with E-state index in [9.17, 15) is 9.18 Å². The SMILES string of the molecule is O=C1C(=Cc2ccc(-c3cccnc3F)o2)SC(=S)N1C1CCCCC1. The van der Waals surface area contributed by atoms with Gasteiger partial charge in [0.15, 0.2) is 0 Å². The van der Waals surface area contributed by atoms with Gasteiger partial charge < -0.3 is 4.42 Å². The van der Waals surface area contributed by atoms with Crippen molar-refractivity contribution in [3.05, 3.63) is 47.1 Å². The zero-order chi connectivity index (χ0) is 18.1. The second-order valence-electron chi connectivity index (χ2n) is 6.39. The molecule has 134 valence electrons. The van der Waals surface area contributed by atoms with Crippen LogP contribution in [0.3, 0.4) is 0 Å². The monoisotopic (exact) mass is 388 g/mol. The van der Waals surface area contributed by atoms with Gasteiger partial charge >= 0.3 is 0 Å². The van der Waals surface area contributed by atoms with Gasteiger partial charge in [0.25, 0.3) is 5.91 Å². The van der Waals surface area contributed by atoms with E-state index in [2.05, 4.69) is 4.98 Å². The third-order valence-corrected chi connectivity index (χ3v) is 6.02. The number of rotatable bonds is 3. The molecule has 0 spiro atoms. The van der Waals surface area contributed by atoms with Crippen LogP contribution in [0.15, 0.2) is 39.8 Å². The zero-order valence-electron chi connectivity index (χ0n) is 14.0. The van der Waals surface area contributed by atoms with Crippen LogP contribution in [0.1, 0.15) is 37.9 Å². The molecule has 1 saturated heterocycles. The second-order valence-corrected chi connectivity index (χ2v) is 8.06. The first-order chi connectivity index (χ1) is 12.6. The normalized spacial score (nSPS) is 20.3. The molecule has 3 heterocycles. The van der Waals surface area contributed by atoms with Gasteiger partial charge in [0, 0.05) is 18.3 Å². The molecule has 4 nitrogen and oxygen atoms in total. The van der Waals surface area contributed by atoms with E-state index in [0.717, 1.165) is 25.7 Å². The van der Waals surface area contributed by atoms with Crippen molar-refractivity contribution in [3.8, 4) is 11.3 Å². The molecule has 1 saturated carbocycles. The first kappa shape index (κ1) is 17.4. The number of nitrogens with zero attached hydrogens (tertiary/aromatic N) is 2. The van der Waals surface area contributed by atoms with Crippen molar-refractivity contribution in [2.45, 2.75) is 38.1 Å². The van der Waals surface area contributed by atoms with Gasteiger partial charge in [-0.1, -0.05) is 43.2 Å². The van der Waals surface area contributed by atoms with E-state index in [4.69, 9.17) is 16.6 Å². The van der Waals surface area contributed by atoms with Crippen LogP contribution in [0.2, 0.25) is 0 Å². The first-order valence-corrected chi connectivity index (χ1v) is 9.84. The third-order valence-electron chi connectivity index (χ3n) is 4.69. The van der Waals surface area contributed by atoms with Gasteiger partial charge in [-0.05, 0) is 37.1 Å². The highest BCUT2D eigenvalue weighted by Crippen LogP contribution is 2.37. The summed E-state index contributed by atoms with van der Waals surface area (Å²) in [7, 11) is 0. The molecule has 4 rings (SSSR count). The summed E-state index contributed by atoms with van der Waals surface area (Å²) < 4.78 is 20.1. The topological polar surface area (TPSA) is 46.3 Å². The molecule has 1 aliphatic heterocycles. The molecule has 0 unspecified atom stereocenters. The fourth-order valence-corrected chi connectivity index (χ4v) is 4.79. The van der Waals surface area contributed by atoms with Crippen molar-refractivity contribution in [2.75, 3.05) is 0 Å². The zero-order valence-corrected chi connectivity index (χ0v) is 15.6. The lowest BCUT2D eigenvalue weighted by Gasteiger charge is -2.29. The number of carbonyl (C=O) groups is 1. The van der Waals surface area contributed by atoms with Crippen LogP contribution in [-0.2, 0) is 4.79 Å². The molecule has 26 heavy (non-hydrogen) atoms. The van der Waals surface area contributed by atoms with Crippen molar-refractivity contribution in [2.24, 2.45) is 0 Å². The van der Waals surface area contributed by atoms with E-state index in [0.29, 0.717) is 26.3 Å². The van der Waals surface area contributed by atoms with Gasteiger partial charge in [-0.25, -0.2) is 4.98 Å². The van der Waals surface area contributed by atoms with E-state index in [1.807, 2.05) is 0 Å². The Labute approximate surface area is 160 Å².